The van der Waals surface area contributed by atoms with Gasteiger partial charge in [-0.25, -0.2) is 14.8 Å². The molecule has 1 unspecified atom stereocenters. The zero-order chi connectivity index (χ0) is 24.6. The van der Waals surface area contributed by atoms with E-state index in [0.29, 0.717) is 5.95 Å². The lowest BCUT2D eigenvalue weighted by Crippen LogP contribution is -2.55. The summed E-state index contributed by atoms with van der Waals surface area (Å²) in [5, 5.41) is 3.48. The summed E-state index contributed by atoms with van der Waals surface area (Å²) in [6.07, 6.45) is 6.71. The Labute approximate surface area is 199 Å². The zero-order valence-electron chi connectivity index (χ0n) is 21.8. The summed E-state index contributed by atoms with van der Waals surface area (Å²) in [5.74, 6) is 0.579. The summed E-state index contributed by atoms with van der Waals surface area (Å²) < 4.78 is 17.9. The molecule has 3 atom stereocenters. The number of aromatic nitrogens is 2. The van der Waals surface area contributed by atoms with Gasteiger partial charge < -0.3 is 24.3 Å². The van der Waals surface area contributed by atoms with Crippen molar-refractivity contribution in [2.45, 2.75) is 123 Å². The van der Waals surface area contributed by atoms with E-state index in [-0.39, 0.29) is 24.2 Å². The molecular weight excluding hydrogens is 419 g/mol. The van der Waals surface area contributed by atoms with Gasteiger partial charge in [0.05, 0.1) is 11.2 Å². The van der Waals surface area contributed by atoms with Crippen molar-refractivity contribution in [2.75, 3.05) is 5.32 Å². The predicted octanol–water partition coefficient (Wildman–Crippen LogP) is 4.14. The molecule has 33 heavy (non-hydrogen) atoms. The van der Waals surface area contributed by atoms with Crippen molar-refractivity contribution in [1.29, 1.82) is 0 Å². The molecule has 3 rings (SSSR count). The van der Waals surface area contributed by atoms with Gasteiger partial charge in [0.25, 0.3) is 0 Å². The number of carbonyl (C=O) groups is 1. The number of nitrogens with one attached hydrogen (secondary N) is 1. The molecule has 1 amide bonds. The lowest BCUT2D eigenvalue weighted by Gasteiger charge is -2.45. The van der Waals surface area contributed by atoms with Crippen LogP contribution in [0.15, 0.2) is 12.4 Å². The van der Waals surface area contributed by atoms with Crippen molar-refractivity contribution < 1.29 is 18.8 Å². The lowest BCUT2D eigenvalue weighted by atomic mass is 9.81. The molecule has 1 N–H and O–H groups in total. The Morgan fingerprint density at radius 1 is 1.09 bits per heavy atom. The van der Waals surface area contributed by atoms with E-state index >= 15 is 0 Å². The third-order valence-corrected chi connectivity index (χ3v) is 6.98. The summed E-state index contributed by atoms with van der Waals surface area (Å²) in [7, 11) is -0.477. The van der Waals surface area contributed by atoms with Crippen molar-refractivity contribution in [1.82, 2.24) is 14.9 Å². The van der Waals surface area contributed by atoms with Crippen LogP contribution in [0.4, 0.5) is 10.7 Å². The molecule has 2 saturated heterocycles. The average molecular weight is 460 g/mol. The molecule has 1 aromatic rings. The molecule has 3 heterocycles. The summed E-state index contributed by atoms with van der Waals surface area (Å²) >= 11 is 0. The van der Waals surface area contributed by atoms with Gasteiger partial charge in [-0.3, -0.25) is 0 Å². The number of nitrogens with zero attached hydrogens (tertiary/aromatic N) is 3. The number of rotatable bonds is 5. The maximum atomic E-state index is 12.9. The quantitative estimate of drug-likeness (QED) is 0.661. The maximum absolute atomic E-state index is 12.9. The number of anilines is 1. The monoisotopic (exact) mass is 460 g/mol. The maximum Gasteiger partial charge on any atom is 0.498 e. The zero-order valence-corrected chi connectivity index (χ0v) is 21.8. The molecule has 2 fully saturated rings. The number of piperidine rings is 1. The molecule has 0 radical (unpaired) electrons. The molecule has 184 valence electrons. The van der Waals surface area contributed by atoms with Crippen LogP contribution in [0.3, 0.4) is 0 Å². The van der Waals surface area contributed by atoms with Gasteiger partial charge >= 0.3 is 13.2 Å². The molecule has 0 spiro atoms. The molecular formula is C24H41BN4O4. The van der Waals surface area contributed by atoms with Crippen LogP contribution in [0.2, 0.25) is 0 Å². The van der Waals surface area contributed by atoms with E-state index in [1.165, 1.54) is 0 Å². The van der Waals surface area contributed by atoms with Crippen molar-refractivity contribution in [3.8, 4) is 0 Å². The first-order chi connectivity index (χ1) is 15.3. The van der Waals surface area contributed by atoms with Gasteiger partial charge in [0.2, 0.25) is 5.95 Å². The number of hydrogen-bond donors (Lipinski definition) is 1. The number of hydrogen-bond acceptors (Lipinski definition) is 7. The second kappa shape index (κ2) is 9.41. The van der Waals surface area contributed by atoms with Crippen LogP contribution in [-0.2, 0) is 14.0 Å². The standard InChI is InChI=1S/C24H41BN4O4/c1-10-18-12-17(13-19(11-2)29(18)21(30)31-22(3,4)5)28-20-26-14-16(15-27-20)25-32-23(6,7)24(8,9)33-25/h14-15,17-19H,10-13H2,1-9H3,(H,26,27,28)/t17?,18-,19+. The second-order valence-electron chi connectivity index (χ2n) is 11.3. The van der Waals surface area contributed by atoms with Crippen LogP contribution in [-0.4, -0.2) is 63.0 Å². The highest BCUT2D eigenvalue weighted by Crippen LogP contribution is 2.36. The van der Waals surface area contributed by atoms with Gasteiger partial charge in [0, 0.05) is 36.0 Å². The number of ether oxygens (including phenoxy) is 1. The number of carbonyl (C=O) groups excluding carboxylic acids is 1. The van der Waals surface area contributed by atoms with E-state index in [4.69, 9.17) is 14.0 Å². The molecule has 0 saturated carbocycles. The third-order valence-electron chi connectivity index (χ3n) is 6.98. The van der Waals surface area contributed by atoms with Gasteiger partial charge in [0.15, 0.2) is 0 Å². The van der Waals surface area contributed by atoms with E-state index < -0.39 is 23.9 Å². The SMILES string of the molecule is CC[C@@H]1CC(Nc2ncc(B3OC(C)(C)C(C)(C)O3)cn2)C[C@H](CC)N1C(=O)OC(C)(C)C. The van der Waals surface area contributed by atoms with E-state index in [1.54, 1.807) is 12.4 Å². The highest BCUT2D eigenvalue weighted by molar-refractivity contribution is 6.61. The molecule has 2 aliphatic heterocycles. The molecule has 0 aromatic carbocycles. The van der Waals surface area contributed by atoms with Crippen LogP contribution >= 0.6 is 0 Å². The minimum absolute atomic E-state index is 0.111. The van der Waals surface area contributed by atoms with Gasteiger partial charge in [-0.15, -0.1) is 0 Å². The Balaban J connectivity index is 1.66. The fourth-order valence-corrected chi connectivity index (χ4v) is 4.43. The van der Waals surface area contributed by atoms with Gasteiger partial charge in [-0.05, 0) is 74.1 Å². The van der Waals surface area contributed by atoms with E-state index in [1.807, 2.05) is 53.4 Å². The minimum Gasteiger partial charge on any atom is -0.444 e. The van der Waals surface area contributed by atoms with Crippen LogP contribution in [0, 0.1) is 0 Å². The highest BCUT2D eigenvalue weighted by atomic mass is 16.7. The molecule has 2 aliphatic rings. The van der Waals surface area contributed by atoms with Crippen molar-refractivity contribution in [3.63, 3.8) is 0 Å². The first kappa shape index (κ1) is 25.8. The van der Waals surface area contributed by atoms with Crippen molar-refractivity contribution in [3.05, 3.63) is 12.4 Å². The topological polar surface area (TPSA) is 85.8 Å². The van der Waals surface area contributed by atoms with Crippen LogP contribution in [0.25, 0.3) is 0 Å². The Morgan fingerprint density at radius 2 is 1.58 bits per heavy atom. The molecule has 0 bridgehead atoms. The van der Waals surface area contributed by atoms with Crippen LogP contribution in [0.1, 0.15) is 88.0 Å². The lowest BCUT2D eigenvalue weighted by molar-refractivity contribution is -0.00812. The van der Waals surface area contributed by atoms with Crippen LogP contribution in [0.5, 0.6) is 0 Å². The van der Waals surface area contributed by atoms with E-state index in [0.717, 1.165) is 31.1 Å². The van der Waals surface area contributed by atoms with Gasteiger partial charge in [0.1, 0.15) is 5.60 Å². The molecule has 0 aliphatic carbocycles. The van der Waals surface area contributed by atoms with Crippen molar-refractivity contribution in [2.24, 2.45) is 0 Å². The number of likely N-dealkylation sites (tertiary alicyclic amines) is 1. The highest BCUT2D eigenvalue weighted by Gasteiger charge is 2.52. The summed E-state index contributed by atoms with van der Waals surface area (Å²) in [4.78, 5) is 23.9. The first-order valence-corrected chi connectivity index (χ1v) is 12.2. The Kier molecular flexibility index (Phi) is 7.34. The second-order valence-corrected chi connectivity index (χ2v) is 11.3. The fourth-order valence-electron chi connectivity index (χ4n) is 4.43. The first-order valence-electron chi connectivity index (χ1n) is 12.2. The summed E-state index contributed by atoms with van der Waals surface area (Å²) in [5.41, 5.74) is -0.505. The van der Waals surface area contributed by atoms with E-state index in [2.05, 4.69) is 29.1 Å². The third kappa shape index (κ3) is 5.80. The van der Waals surface area contributed by atoms with Gasteiger partial charge in [-0.2, -0.15) is 0 Å². The summed E-state index contributed by atoms with van der Waals surface area (Å²) in [6, 6.07) is 0.404. The minimum atomic E-state index is -0.504. The normalized spacial score (nSPS) is 26.9. The summed E-state index contributed by atoms with van der Waals surface area (Å²) in [6.45, 7) is 18.1. The Morgan fingerprint density at radius 3 is 2.00 bits per heavy atom. The smallest absolute Gasteiger partial charge is 0.444 e. The van der Waals surface area contributed by atoms with Crippen molar-refractivity contribution >= 4 is 24.6 Å². The number of amides is 1. The van der Waals surface area contributed by atoms with E-state index in [9.17, 15) is 4.79 Å². The van der Waals surface area contributed by atoms with Crippen LogP contribution < -0.4 is 10.8 Å². The largest absolute Gasteiger partial charge is 0.498 e. The molecule has 8 nitrogen and oxygen atoms in total. The predicted molar refractivity (Wildman–Crippen MR) is 131 cm³/mol. The van der Waals surface area contributed by atoms with Gasteiger partial charge in [-0.1, -0.05) is 13.8 Å². The average Bonchev–Trinajstić information content (AvgIpc) is 2.93. The molecule has 1 aromatic heterocycles. The fraction of sp³-hybridized carbons (Fsp3) is 0.792. The Hall–Kier alpha value is -1.87. The molecule has 9 heteroatoms. The Bertz CT molecular complexity index is 795.